The maximum atomic E-state index is 12.2. The SMILES string of the molecule is COc1ccc(OC)c(/C=C/C(=O)OCc2ccc3cccc(OC(=O)N(C)C)c3n2)c1. The normalized spacial score (nSPS) is 10.8. The van der Waals surface area contributed by atoms with E-state index in [0.717, 1.165) is 5.39 Å². The smallest absolute Gasteiger partial charge is 0.414 e. The molecule has 0 atom stereocenters. The fourth-order valence-corrected chi connectivity index (χ4v) is 2.83. The highest BCUT2D eigenvalue weighted by atomic mass is 16.6. The minimum Gasteiger partial charge on any atom is -0.497 e. The summed E-state index contributed by atoms with van der Waals surface area (Å²) in [4.78, 5) is 29.9. The van der Waals surface area contributed by atoms with E-state index < -0.39 is 12.1 Å². The van der Waals surface area contributed by atoms with E-state index in [-0.39, 0.29) is 6.61 Å². The highest BCUT2D eigenvalue weighted by Gasteiger charge is 2.12. The van der Waals surface area contributed by atoms with Crippen LogP contribution in [0, 0.1) is 0 Å². The van der Waals surface area contributed by atoms with Crippen molar-refractivity contribution in [2.45, 2.75) is 6.61 Å². The molecule has 0 N–H and O–H groups in total. The van der Waals surface area contributed by atoms with Crippen LogP contribution >= 0.6 is 0 Å². The average Bonchev–Trinajstić information content (AvgIpc) is 2.81. The summed E-state index contributed by atoms with van der Waals surface area (Å²) in [5.74, 6) is 1.04. The quantitative estimate of drug-likeness (QED) is 0.408. The lowest BCUT2D eigenvalue weighted by molar-refractivity contribution is -0.139. The highest BCUT2D eigenvalue weighted by Crippen LogP contribution is 2.26. The number of esters is 1. The average molecular weight is 436 g/mol. The molecule has 8 heteroatoms. The van der Waals surface area contributed by atoms with Crippen molar-refractivity contribution in [2.24, 2.45) is 0 Å². The Morgan fingerprint density at radius 1 is 1.00 bits per heavy atom. The number of benzene rings is 2. The molecule has 8 nitrogen and oxygen atoms in total. The topological polar surface area (TPSA) is 87.2 Å². The number of methoxy groups -OCH3 is 2. The van der Waals surface area contributed by atoms with E-state index in [0.29, 0.717) is 34.0 Å². The minimum absolute atomic E-state index is 0.0374. The van der Waals surface area contributed by atoms with Crippen molar-refractivity contribution in [1.29, 1.82) is 0 Å². The molecule has 0 aliphatic heterocycles. The molecular formula is C24H24N2O6. The zero-order valence-corrected chi connectivity index (χ0v) is 18.3. The van der Waals surface area contributed by atoms with Gasteiger partial charge in [-0.2, -0.15) is 0 Å². The summed E-state index contributed by atoms with van der Waals surface area (Å²) in [5, 5.41) is 0.800. The third kappa shape index (κ3) is 5.54. The first-order chi connectivity index (χ1) is 15.4. The molecule has 0 bridgehead atoms. The lowest BCUT2D eigenvalue weighted by atomic mass is 10.1. The molecular weight excluding hydrogens is 412 g/mol. The Kier molecular flexibility index (Phi) is 7.28. The zero-order valence-electron chi connectivity index (χ0n) is 18.3. The van der Waals surface area contributed by atoms with Crippen LogP contribution in [0.1, 0.15) is 11.3 Å². The number of nitrogens with zero attached hydrogens (tertiary/aromatic N) is 2. The van der Waals surface area contributed by atoms with Crippen LogP contribution < -0.4 is 14.2 Å². The van der Waals surface area contributed by atoms with Gasteiger partial charge in [0.2, 0.25) is 0 Å². The molecule has 0 fully saturated rings. The number of hydrogen-bond donors (Lipinski definition) is 0. The number of ether oxygens (including phenoxy) is 4. The molecule has 0 aliphatic rings. The summed E-state index contributed by atoms with van der Waals surface area (Å²) in [6.45, 7) is -0.0374. The van der Waals surface area contributed by atoms with Gasteiger partial charge in [-0.05, 0) is 36.4 Å². The van der Waals surface area contributed by atoms with Gasteiger partial charge in [0.05, 0.1) is 19.9 Å². The van der Waals surface area contributed by atoms with Crippen molar-refractivity contribution >= 4 is 29.0 Å². The van der Waals surface area contributed by atoms with Gasteiger partial charge in [-0.3, -0.25) is 0 Å². The number of carbonyl (C=O) groups is 2. The summed E-state index contributed by atoms with van der Waals surface area (Å²) in [6.07, 6.45) is 2.40. The van der Waals surface area contributed by atoms with Crippen LogP contribution in [0.3, 0.4) is 0 Å². The third-order valence-corrected chi connectivity index (χ3v) is 4.50. The monoisotopic (exact) mass is 436 g/mol. The lowest BCUT2D eigenvalue weighted by Gasteiger charge is -2.12. The van der Waals surface area contributed by atoms with Crippen molar-refractivity contribution in [3.05, 3.63) is 65.9 Å². The number of rotatable bonds is 7. The molecule has 1 amide bonds. The lowest BCUT2D eigenvalue weighted by Crippen LogP contribution is -2.25. The van der Waals surface area contributed by atoms with Crippen LogP contribution in [0.25, 0.3) is 17.0 Å². The summed E-state index contributed by atoms with van der Waals surface area (Å²) in [5.41, 5.74) is 1.71. The predicted molar refractivity (Wildman–Crippen MR) is 120 cm³/mol. The van der Waals surface area contributed by atoms with Crippen molar-refractivity contribution in [3.8, 4) is 17.2 Å². The number of carbonyl (C=O) groups excluding carboxylic acids is 2. The molecule has 0 saturated heterocycles. The Bertz CT molecular complexity index is 1160. The van der Waals surface area contributed by atoms with E-state index in [4.69, 9.17) is 18.9 Å². The molecule has 0 radical (unpaired) electrons. The second kappa shape index (κ2) is 10.3. The summed E-state index contributed by atoms with van der Waals surface area (Å²) < 4.78 is 21.2. The molecule has 2 aromatic carbocycles. The van der Waals surface area contributed by atoms with Gasteiger partial charge in [0.25, 0.3) is 0 Å². The van der Waals surface area contributed by atoms with E-state index in [2.05, 4.69) is 4.98 Å². The minimum atomic E-state index is -0.538. The highest BCUT2D eigenvalue weighted by molar-refractivity contribution is 5.88. The van der Waals surface area contributed by atoms with Gasteiger partial charge in [0, 0.05) is 31.1 Å². The van der Waals surface area contributed by atoms with Crippen LogP contribution in [0.5, 0.6) is 17.2 Å². The van der Waals surface area contributed by atoms with E-state index in [9.17, 15) is 9.59 Å². The summed E-state index contributed by atoms with van der Waals surface area (Å²) in [6, 6.07) is 14.2. The second-order valence-corrected chi connectivity index (χ2v) is 6.94. The molecule has 3 aromatic rings. The fourth-order valence-electron chi connectivity index (χ4n) is 2.83. The molecule has 166 valence electrons. The maximum Gasteiger partial charge on any atom is 0.414 e. The van der Waals surface area contributed by atoms with E-state index in [1.807, 2.05) is 12.1 Å². The van der Waals surface area contributed by atoms with Crippen LogP contribution in [-0.2, 0) is 16.1 Å². The van der Waals surface area contributed by atoms with Gasteiger partial charge in [-0.15, -0.1) is 0 Å². The van der Waals surface area contributed by atoms with Crippen molar-refractivity contribution in [1.82, 2.24) is 9.88 Å². The first-order valence-electron chi connectivity index (χ1n) is 9.76. The van der Waals surface area contributed by atoms with Crippen LogP contribution in [0.15, 0.2) is 54.6 Å². The number of para-hydroxylation sites is 1. The molecule has 0 aliphatic carbocycles. The molecule has 0 spiro atoms. The van der Waals surface area contributed by atoms with Gasteiger partial charge >= 0.3 is 12.1 Å². The third-order valence-electron chi connectivity index (χ3n) is 4.50. The van der Waals surface area contributed by atoms with Gasteiger partial charge in [-0.1, -0.05) is 18.2 Å². The fraction of sp³-hybridized carbons (Fsp3) is 0.208. The zero-order chi connectivity index (χ0) is 23.1. The molecule has 1 aromatic heterocycles. The first-order valence-corrected chi connectivity index (χ1v) is 9.76. The van der Waals surface area contributed by atoms with Crippen molar-refractivity contribution < 1.29 is 28.5 Å². The second-order valence-electron chi connectivity index (χ2n) is 6.94. The van der Waals surface area contributed by atoms with Crippen molar-refractivity contribution in [3.63, 3.8) is 0 Å². The number of aromatic nitrogens is 1. The van der Waals surface area contributed by atoms with Crippen LogP contribution in [0.2, 0.25) is 0 Å². The van der Waals surface area contributed by atoms with Crippen LogP contribution in [0.4, 0.5) is 4.79 Å². The van der Waals surface area contributed by atoms with Crippen molar-refractivity contribution in [2.75, 3.05) is 28.3 Å². The Labute approximate surface area is 186 Å². The maximum absolute atomic E-state index is 12.2. The Morgan fingerprint density at radius 3 is 2.53 bits per heavy atom. The first kappa shape index (κ1) is 22.6. The predicted octanol–water partition coefficient (Wildman–Crippen LogP) is 4.07. The van der Waals surface area contributed by atoms with E-state index >= 15 is 0 Å². The summed E-state index contributed by atoms with van der Waals surface area (Å²) in [7, 11) is 6.31. The summed E-state index contributed by atoms with van der Waals surface area (Å²) >= 11 is 0. The van der Waals surface area contributed by atoms with E-state index in [1.165, 1.54) is 11.0 Å². The van der Waals surface area contributed by atoms with Gasteiger partial charge < -0.3 is 23.8 Å². The standard InChI is InChI=1S/C24H24N2O6/c1-26(2)24(28)32-21-7-5-6-16-8-10-18(25-23(16)21)15-31-22(27)13-9-17-14-19(29-3)11-12-20(17)30-4/h5-14H,15H2,1-4H3/b13-9+. The molecule has 32 heavy (non-hydrogen) atoms. The van der Waals surface area contributed by atoms with Gasteiger partial charge in [-0.25, -0.2) is 14.6 Å². The Morgan fingerprint density at radius 2 is 1.81 bits per heavy atom. The Balaban J connectivity index is 1.71. The number of amides is 1. The van der Waals surface area contributed by atoms with E-state index in [1.54, 1.807) is 70.8 Å². The molecule has 0 unspecified atom stereocenters. The molecule has 1 heterocycles. The van der Waals surface area contributed by atoms with Gasteiger partial charge in [0.15, 0.2) is 5.75 Å². The van der Waals surface area contributed by atoms with Crippen LogP contribution in [-0.4, -0.2) is 50.3 Å². The largest absolute Gasteiger partial charge is 0.497 e. The number of fused-ring (bicyclic) bond motifs is 1. The number of pyridine rings is 1. The molecule has 0 saturated carbocycles. The Hall–Kier alpha value is -4.07. The molecule has 3 rings (SSSR count). The van der Waals surface area contributed by atoms with Gasteiger partial charge in [0.1, 0.15) is 23.6 Å². The number of hydrogen-bond acceptors (Lipinski definition) is 7.